The summed E-state index contributed by atoms with van der Waals surface area (Å²) in [6.45, 7) is 3.03. The van der Waals surface area contributed by atoms with Crippen molar-refractivity contribution in [1.29, 1.82) is 0 Å². The average molecular weight is 318 g/mol. The van der Waals surface area contributed by atoms with Crippen LogP contribution in [0.1, 0.15) is 19.8 Å². The van der Waals surface area contributed by atoms with Crippen LogP contribution in [0.4, 0.5) is 11.4 Å². The third-order valence-electron chi connectivity index (χ3n) is 2.52. The molecule has 1 aromatic rings. The van der Waals surface area contributed by atoms with E-state index in [4.69, 9.17) is 5.11 Å². The van der Waals surface area contributed by atoms with Crippen molar-refractivity contribution < 1.29 is 10.0 Å². The zero-order chi connectivity index (χ0) is 13.5. The van der Waals surface area contributed by atoms with Crippen molar-refractivity contribution in [2.45, 2.75) is 19.8 Å². The molecular formula is C11H16BrN3O3. The number of rotatable bonds is 7. The van der Waals surface area contributed by atoms with Crippen molar-refractivity contribution in [3.63, 3.8) is 0 Å². The van der Waals surface area contributed by atoms with Crippen LogP contribution < -0.4 is 4.90 Å². The summed E-state index contributed by atoms with van der Waals surface area (Å²) in [7, 11) is 0. The van der Waals surface area contributed by atoms with Gasteiger partial charge in [0.1, 0.15) is 11.9 Å². The number of nitro groups is 1. The monoisotopic (exact) mass is 317 g/mol. The fourth-order valence-corrected chi connectivity index (χ4v) is 2.24. The Balaban J connectivity index is 3.12. The molecule has 0 aliphatic heterocycles. The fourth-order valence-electron chi connectivity index (χ4n) is 1.67. The molecule has 0 unspecified atom stereocenters. The number of hydrogen-bond acceptors (Lipinski definition) is 5. The lowest BCUT2D eigenvalue weighted by atomic mass is 10.2. The lowest BCUT2D eigenvalue weighted by Gasteiger charge is -2.24. The molecule has 1 N–H and O–H groups in total. The van der Waals surface area contributed by atoms with E-state index in [1.807, 2.05) is 11.8 Å². The molecule has 0 aliphatic carbocycles. The zero-order valence-electron chi connectivity index (χ0n) is 10.2. The molecule has 0 fully saturated rings. The smallest absolute Gasteiger partial charge is 0.311 e. The molecule has 0 atom stereocenters. The predicted molar refractivity (Wildman–Crippen MR) is 72.8 cm³/mol. The average Bonchev–Trinajstić information content (AvgIpc) is 2.34. The SMILES string of the molecule is CCCCN(CCO)c1c(Br)cncc1[N+](=O)[O-]. The highest BCUT2D eigenvalue weighted by Crippen LogP contribution is 2.34. The molecule has 100 valence electrons. The van der Waals surface area contributed by atoms with E-state index in [-0.39, 0.29) is 12.3 Å². The van der Waals surface area contributed by atoms with E-state index in [9.17, 15) is 10.1 Å². The van der Waals surface area contributed by atoms with Gasteiger partial charge in [-0.05, 0) is 22.4 Å². The van der Waals surface area contributed by atoms with E-state index >= 15 is 0 Å². The van der Waals surface area contributed by atoms with Crippen LogP contribution in [0.25, 0.3) is 0 Å². The van der Waals surface area contributed by atoms with Crippen molar-refractivity contribution >= 4 is 27.3 Å². The third-order valence-corrected chi connectivity index (χ3v) is 3.10. The van der Waals surface area contributed by atoms with Crippen molar-refractivity contribution in [3.05, 3.63) is 27.0 Å². The molecule has 0 spiro atoms. The summed E-state index contributed by atoms with van der Waals surface area (Å²) in [5.41, 5.74) is 0.437. The second-order valence-electron chi connectivity index (χ2n) is 3.81. The van der Waals surface area contributed by atoms with E-state index < -0.39 is 4.92 Å². The van der Waals surface area contributed by atoms with Crippen LogP contribution in [0.15, 0.2) is 16.9 Å². The van der Waals surface area contributed by atoms with Gasteiger partial charge in [-0.2, -0.15) is 0 Å². The number of aliphatic hydroxyl groups is 1. The normalized spacial score (nSPS) is 10.4. The van der Waals surface area contributed by atoms with Gasteiger partial charge >= 0.3 is 5.69 Å². The van der Waals surface area contributed by atoms with Gasteiger partial charge in [0, 0.05) is 19.3 Å². The first kappa shape index (κ1) is 14.8. The van der Waals surface area contributed by atoms with Crippen LogP contribution in [-0.4, -0.2) is 34.7 Å². The first-order valence-electron chi connectivity index (χ1n) is 5.75. The van der Waals surface area contributed by atoms with Gasteiger partial charge in [-0.3, -0.25) is 15.1 Å². The van der Waals surface area contributed by atoms with Gasteiger partial charge in [0.05, 0.1) is 16.0 Å². The van der Waals surface area contributed by atoms with E-state index in [0.717, 1.165) is 12.8 Å². The first-order valence-corrected chi connectivity index (χ1v) is 6.54. The number of hydrogen-bond donors (Lipinski definition) is 1. The van der Waals surface area contributed by atoms with Gasteiger partial charge in [-0.1, -0.05) is 13.3 Å². The maximum absolute atomic E-state index is 11.0. The molecule has 0 saturated carbocycles. The van der Waals surface area contributed by atoms with Gasteiger partial charge in [0.2, 0.25) is 0 Å². The van der Waals surface area contributed by atoms with Gasteiger partial charge in [-0.25, -0.2) is 0 Å². The minimum absolute atomic E-state index is 0.0460. The number of aliphatic hydroxyl groups excluding tert-OH is 1. The highest BCUT2D eigenvalue weighted by atomic mass is 79.9. The van der Waals surface area contributed by atoms with Crippen LogP contribution in [0.2, 0.25) is 0 Å². The van der Waals surface area contributed by atoms with Gasteiger partial charge in [-0.15, -0.1) is 0 Å². The lowest BCUT2D eigenvalue weighted by molar-refractivity contribution is -0.384. The Hall–Kier alpha value is -1.21. The maximum Gasteiger partial charge on any atom is 0.311 e. The van der Waals surface area contributed by atoms with E-state index in [1.54, 1.807) is 0 Å². The van der Waals surface area contributed by atoms with Crippen LogP contribution in [0.5, 0.6) is 0 Å². The zero-order valence-corrected chi connectivity index (χ0v) is 11.8. The molecule has 1 rings (SSSR count). The van der Waals surface area contributed by atoms with Crippen molar-refractivity contribution in [2.75, 3.05) is 24.6 Å². The van der Waals surface area contributed by atoms with E-state index in [2.05, 4.69) is 20.9 Å². The lowest BCUT2D eigenvalue weighted by Crippen LogP contribution is -2.28. The summed E-state index contributed by atoms with van der Waals surface area (Å²) in [6, 6.07) is 0. The number of aromatic nitrogens is 1. The second-order valence-corrected chi connectivity index (χ2v) is 4.66. The molecule has 0 aliphatic rings. The Morgan fingerprint density at radius 3 is 2.78 bits per heavy atom. The van der Waals surface area contributed by atoms with Crippen LogP contribution >= 0.6 is 15.9 Å². The Morgan fingerprint density at radius 1 is 1.50 bits per heavy atom. The maximum atomic E-state index is 11.0. The highest BCUT2D eigenvalue weighted by molar-refractivity contribution is 9.10. The molecule has 1 aromatic heterocycles. The third kappa shape index (κ3) is 3.64. The Kier molecular flexibility index (Phi) is 6.00. The minimum Gasteiger partial charge on any atom is -0.395 e. The highest BCUT2D eigenvalue weighted by Gasteiger charge is 2.22. The van der Waals surface area contributed by atoms with E-state index in [0.29, 0.717) is 23.2 Å². The molecule has 0 radical (unpaired) electrons. The van der Waals surface area contributed by atoms with Gasteiger partial charge in [0.25, 0.3) is 0 Å². The predicted octanol–water partition coefficient (Wildman–Crippen LogP) is 2.35. The molecule has 1 heterocycles. The van der Waals surface area contributed by atoms with Gasteiger partial charge < -0.3 is 10.0 Å². The Labute approximate surface area is 114 Å². The number of nitrogens with zero attached hydrogens (tertiary/aromatic N) is 3. The fraction of sp³-hybridized carbons (Fsp3) is 0.545. The molecule has 7 heteroatoms. The first-order chi connectivity index (χ1) is 8.61. The largest absolute Gasteiger partial charge is 0.395 e. The Bertz CT molecular complexity index is 415. The van der Waals surface area contributed by atoms with Crippen LogP contribution in [0, 0.1) is 10.1 Å². The molecule has 6 nitrogen and oxygen atoms in total. The number of halogens is 1. The summed E-state index contributed by atoms with van der Waals surface area (Å²) in [5.74, 6) is 0. The van der Waals surface area contributed by atoms with Crippen molar-refractivity contribution in [2.24, 2.45) is 0 Å². The Morgan fingerprint density at radius 2 is 2.22 bits per heavy atom. The molecule has 0 aromatic carbocycles. The van der Waals surface area contributed by atoms with E-state index in [1.165, 1.54) is 12.4 Å². The minimum atomic E-state index is -0.455. The summed E-state index contributed by atoms with van der Waals surface area (Å²) in [4.78, 5) is 16.2. The second kappa shape index (κ2) is 7.27. The molecule has 18 heavy (non-hydrogen) atoms. The number of anilines is 1. The number of unbranched alkanes of at least 4 members (excludes halogenated alkanes) is 1. The summed E-state index contributed by atoms with van der Waals surface area (Å²) in [6.07, 6.45) is 4.65. The van der Waals surface area contributed by atoms with Crippen molar-refractivity contribution in [1.82, 2.24) is 4.98 Å². The molecular weight excluding hydrogens is 302 g/mol. The number of pyridine rings is 1. The topological polar surface area (TPSA) is 79.5 Å². The van der Waals surface area contributed by atoms with Crippen LogP contribution in [-0.2, 0) is 0 Å². The van der Waals surface area contributed by atoms with Crippen LogP contribution in [0.3, 0.4) is 0 Å². The standard InChI is InChI=1S/C11H16BrN3O3/c1-2-3-4-14(5-6-16)11-9(12)7-13-8-10(11)15(17)18/h7-8,16H,2-6H2,1H3. The molecule has 0 saturated heterocycles. The molecule has 0 bridgehead atoms. The summed E-state index contributed by atoms with van der Waals surface area (Å²) < 4.78 is 0.571. The molecule has 0 amide bonds. The summed E-state index contributed by atoms with van der Waals surface area (Å²) in [5, 5.41) is 20.1. The quantitative estimate of drug-likeness (QED) is 0.616. The van der Waals surface area contributed by atoms with Crippen molar-refractivity contribution in [3.8, 4) is 0 Å². The summed E-state index contributed by atoms with van der Waals surface area (Å²) >= 11 is 3.29. The van der Waals surface area contributed by atoms with Gasteiger partial charge in [0.15, 0.2) is 0 Å².